The van der Waals surface area contributed by atoms with E-state index in [1.54, 1.807) is 17.6 Å². The van der Waals surface area contributed by atoms with Crippen molar-refractivity contribution < 1.29 is 24.4 Å². The molecular formula is C20H27N3O6S. The Morgan fingerprint density at radius 2 is 2.03 bits per heavy atom. The van der Waals surface area contributed by atoms with E-state index in [0.29, 0.717) is 41.4 Å². The summed E-state index contributed by atoms with van der Waals surface area (Å²) in [5, 5.41) is 21.5. The van der Waals surface area contributed by atoms with Crippen LogP contribution in [0.1, 0.15) is 53.0 Å². The van der Waals surface area contributed by atoms with Crippen molar-refractivity contribution in [2.24, 2.45) is 5.41 Å². The third kappa shape index (κ3) is 5.71. The quantitative estimate of drug-likeness (QED) is 0.190. The van der Waals surface area contributed by atoms with Crippen molar-refractivity contribution in [2.75, 3.05) is 12.4 Å². The lowest BCUT2D eigenvalue weighted by atomic mass is 9.86. The highest BCUT2D eigenvalue weighted by Gasteiger charge is 2.36. The molecule has 2 rings (SSSR count). The van der Waals surface area contributed by atoms with E-state index in [-0.39, 0.29) is 11.7 Å². The van der Waals surface area contributed by atoms with Gasteiger partial charge in [0, 0.05) is 24.3 Å². The van der Waals surface area contributed by atoms with Crippen molar-refractivity contribution >= 4 is 40.4 Å². The van der Waals surface area contributed by atoms with Gasteiger partial charge in [0.25, 0.3) is 5.69 Å². The first-order valence-corrected chi connectivity index (χ1v) is 10.7. The summed E-state index contributed by atoms with van der Waals surface area (Å²) in [7, 11) is 0. The third-order valence-corrected chi connectivity index (χ3v) is 5.51. The molecule has 0 aliphatic heterocycles. The molecule has 0 saturated heterocycles. The van der Waals surface area contributed by atoms with Gasteiger partial charge in [-0.2, -0.15) is 0 Å². The van der Waals surface area contributed by atoms with Crippen LogP contribution >= 0.6 is 11.8 Å². The number of hydrogen-bond acceptors (Lipinski definition) is 7. The van der Waals surface area contributed by atoms with Gasteiger partial charge in [-0.3, -0.25) is 14.9 Å². The molecule has 164 valence electrons. The molecule has 0 radical (unpaired) electrons. The van der Waals surface area contributed by atoms with Crippen molar-refractivity contribution in [3.8, 4) is 0 Å². The van der Waals surface area contributed by atoms with Crippen LogP contribution in [-0.2, 0) is 14.3 Å². The summed E-state index contributed by atoms with van der Waals surface area (Å²) < 4.78 is 6.56. The third-order valence-electron chi connectivity index (χ3n) is 4.48. The number of rotatable bonds is 10. The second-order valence-corrected chi connectivity index (χ2v) is 8.97. The number of imidazole rings is 1. The van der Waals surface area contributed by atoms with Crippen molar-refractivity contribution in [3.63, 3.8) is 0 Å². The molecule has 0 amide bonds. The number of nitro groups is 1. The molecule has 2 aromatic rings. The molecule has 1 aromatic carbocycles. The van der Waals surface area contributed by atoms with E-state index in [0.717, 1.165) is 6.42 Å². The van der Waals surface area contributed by atoms with E-state index in [2.05, 4.69) is 4.98 Å². The molecule has 0 spiro atoms. The Morgan fingerprint density at radius 1 is 1.33 bits per heavy atom. The molecule has 0 saturated carbocycles. The number of aromatic nitrogens is 2. The molecule has 9 nitrogen and oxygen atoms in total. The lowest BCUT2D eigenvalue weighted by Crippen LogP contribution is -2.32. The number of benzene rings is 1. The monoisotopic (exact) mass is 437 g/mol. The topological polar surface area (TPSA) is 125 Å². The summed E-state index contributed by atoms with van der Waals surface area (Å²) in [5.74, 6) is -0.605. The fourth-order valence-electron chi connectivity index (χ4n) is 3.17. The Hall–Kier alpha value is -2.62. The van der Waals surface area contributed by atoms with Crippen molar-refractivity contribution in [1.29, 1.82) is 0 Å². The van der Waals surface area contributed by atoms with Gasteiger partial charge in [-0.1, -0.05) is 32.5 Å². The van der Waals surface area contributed by atoms with Gasteiger partial charge in [0.15, 0.2) is 5.16 Å². The standard InChI is InChI=1S/C20H27N3O6S/c1-5-29-16(24)8-6-7-11-30-19-21-14-12-13(23(27)28)9-10-15(14)22(19)17(18(25)26)20(2,3)4/h9-10,12,17H,5-8,11H2,1-4H3,(H,25,26). The summed E-state index contributed by atoms with van der Waals surface area (Å²) >= 11 is 1.38. The van der Waals surface area contributed by atoms with E-state index in [1.807, 2.05) is 20.8 Å². The smallest absolute Gasteiger partial charge is 0.327 e. The van der Waals surface area contributed by atoms with E-state index < -0.39 is 22.3 Å². The minimum Gasteiger partial charge on any atom is -0.480 e. The number of nitro benzene ring substituents is 1. The Labute approximate surface area is 179 Å². The molecule has 1 heterocycles. The van der Waals surface area contributed by atoms with E-state index in [4.69, 9.17) is 4.74 Å². The fraction of sp³-hybridized carbons (Fsp3) is 0.550. The van der Waals surface area contributed by atoms with Crippen LogP contribution in [0.25, 0.3) is 11.0 Å². The Kier molecular flexibility index (Phi) is 7.83. The summed E-state index contributed by atoms with van der Waals surface area (Å²) in [6, 6.07) is 3.37. The van der Waals surface area contributed by atoms with Crippen molar-refractivity contribution in [2.45, 2.75) is 58.2 Å². The first-order chi connectivity index (χ1) is 14.1. The molecule has 0 fully saturated rings. The lowest BCUT2D eigenvalue weighted by molar-refractivity contribution is -0.384. The zero-order chi connectivity index (χ0) is 22.5. The molecular weight excluding hydrogens is 410 g/mol. The van der Waals surface area contributed by atoms with Crippen molar-refractivity contribution in [3.05, 3.63) is 28.3 Å². The molecule has 0 aliphatic rings. The minimum absolute atomic E-state index is 0.0965. The Morgan fingerprint density at radius 3 is 2.60 bits per heavy atom. The van der Waals surface area contributed by atoms with Crippen LogP contribution in [0.5, 0.6) is 0 Å². The number of fused-ring (bicyclic) bond motifs is 1. The normalized spacial score (nSPS) is 12.7. The first kappa shape index (κ1) is 23.7. The Bertz CT molecular complexity index is 935. The maximum absolute atomic E-state index is 12.1. The van der Waals surface area contributed by atoms with Gasteiger partial charge < -0.3 is 14.4 Å². The van der Waals surface area contributed by atoms with Gasteiger partial charge in [0.05, 0.1) is 22.6 Å². The molecule has 1 unspecified atom stereocenters. The number of carbonyl (C=O) groups is 2. The number of carboxylic acids is 1. The molecule has 30 heavy (non-hydrogen) atoms. The van der Waals surface area contributed by atoms with Crippen LogP contribution in [0, 0.1) is 15.5 Å². The van der Waals surface area contributed by atoms with Crippen LogP contribution in [0.4, 0.5) is 5.69 Å². The van der Waals surface area contributed by atoms with E-state index in [1.165, 1.54) is 23.9 Å². The number of non-ortho nitro benzene ring substituents is 1. The van der Waals surface area contributed by atoms with Crippen molar-refractivity contribution in [1.82, 2.24) is 9.55 Å². The van der Waals surface area contributed by atoms with Gasteiger partial charge in [-0.25, -0.2) is 9.78 Å². The molecule has 0 aliphatic carbocycles. The SMILES string of the molecule is CCOC(=O)CCCCSc1nc2cc([N+](=O)[O-])ccc2n1C(C(=O)O)C(C)(C)C. The number of carboxylic acid groups (broad SMARTS) is 1. The maximum Gasteiger partial charge on any atom is 0.327 e. The van der Waals surface area contributed by atoms with Gasteiger partial charge in [0.1, 0.15) is 6.04 Å². The van der Waals surface area contributed by atoms with Gasteiger partial charge in [0.2, 0.25) is 0 Å². The number of esters is 1. The molecule has 10 heteroatoms. The van der Waals surface area contributed by atoms with E-state index >= 15 is 0 Å². The number of unbranched alkanes of at least 4 members (excludes halogenated alkanes) is 1. The van der Waals surface area contributed by atoms with Crippen LogP contribution < -0.4 is 0 Å². The number of thioether (sulfide) groups is 1. The number of ether oxygens (including phenoxy) is 1. The number of nitrogens with zero attached hydrogens (tertiary/aromatic N) is 3. The molecule has 1 atom stereocenters. The number of carbonyl (C=O) groups excluding carboxylic acids is 1. The highest BCUT2D eigenvalue weighted by molar-refractivity contribution is 7.99. The van der Waals surface area contributed by atoms with Gasteiger partial charge >= 0.3 is 11.9 Å². The van der Waals surface area contributed by atoms with Crippen LogP contribution in [0.15, 0.2) is 23.4 Å². The molecule has 1 N–H and O–H groups in total. The lowest BCUT2D eigenvalue weighted by Gasteiger charge is -2.29. The maximum atomic E-state index is 12.1. The number of hydrogen-bond donors (Lipinski definition) is 1. The average molecular weight is 438 g/mol. The molecule has 1 aromatic heterocycles. The summed E-state index contributed by atoms with van der Waals surface area (Å²) in [6.07, 6.45) is 1.70. The molecule has 0 bridgehead atoms. The second-order valence-electron chi connectivity index (χ2n) is 7.91. The van der Waals surface area contributed by atoms with Gasteiger partial charge in [-0.15, -0.1) is 0 Å². The largest absolute Gasteiger partial charge is 0.480 e. The highest BCUT2D eigenvalue weighted by Crippen LogP contribution is 2.38. The van der Waals surface area contributed by atoms with Crippen LogP contribution in [0.3, 0.4) is 0 Å². The average Bonchev–Trinajstić information content (AvgIpc) is 2.97. The summed E-state index contributed by atoms with van der Waals surface area (Å²) in [6.45, 7) is 7.61. The second kappa shape index (κ2) is 9.92. The zero-order valence-corrected chi connectivity index (χ0v) is 18.4. The number of aliphatic carboxylic acids is 1. The predicted octanol–water partition coefficient (Wildman–Crippen LogP) is 4.44. The van der Waals surface area contributed by atoms with Crippen LogP contribution in [0.2, 0.25) is 0 Å². The fourth-order valence-corrected chi connectivity index (χ4v) is 4.20. The summed E-state index contributed by atoms with van der Waals surface area (Å²) in [4.78, 5) is 38.7. The van der Waals surface area contributed by atoms with Crippen LogP contribution in [-0.4, -0.2) is 43.9 Å². The van der Waals surface area contributed by atoms with Gasteiger partial charge in [-0.05, 0) is 31.2 Å². The minimum atomic E-state index is -0.996. The summed E-state index contributed by atoms with van der Waals surface area (Å²) in [5.41, 5.74) is 0.215. The van der Waals surface area contributed by atoms with E-state index in [9.17, 15) is 24.8 Å². The first-order valence-electron chi connectivity index (χ1n) is 9.73. The zero-order valence-electron chi connectivity index (χ0n) is 17.6. The highest BCUT2D eigenvalue weighted by atomic mass is 32.2. The Balaban J connectivity index is 2.33. The predicted molar refractivity (Wildman–Crippen MR) is 114 cm³/mol.